The van der Waals surface area contributed by atoms with E-state index in [0.717, 1.165) is 29.2 Å². The van der Waals surface area contributed by atoms with Gasteiger partial charge in [0.2, 0.25) is 0 Å². The number of allylic oxidation sites excluding steroid dienone is 2. The third kappa shape index (κ3) is 6.40. The van der Waals surface area contributed by atoms with Crippen molar-refractivity contribution in [2.24, 2.45) is 0 Å². The lowest BCUT2D eigenvalue weighted by atomic mass is 9.90. The van der Waals surface area contributed by atoms with E-state index >= 15 is 0 Å². The van der Waals surface area contributed by atoms with Crippen LogP contribution in [0.1, 0.15) is 6.42 Å². The monoisotopic (exact) mass is 766 g/mol. The second-order valence-electron chi connectivity index (χ2n) is 15.7. The molecule has 284 valence electrons. The van der Waals surface area contributed by atoms with E-state index in [0.29, 0.717) is 0 Å². The number of benzene rings is 10. The Kier molecular flexibility index (Phi) is 9.02. The molecule has 0 saturated heterocycles. The molecule has 0 saturated carbocycles. The van der Waals surface area contributed by atoms with E-state index in [2.05, 4.69) is 246 Å². The molecule has 0 aromatic heterocycles. The highest BCUT2D eigenvalue weighted by molar-refractivity contribution is 6.23. The van der Waals surface area contributed by atoms with Crippen molar-refractivity contribution in [3.63, 3.8) is 0 Å². The molecule has 2 heteroatoms. The van der Waals surface area contributed by atoms with Gasteiger partial charge >= 0.3 is 0 Å². The van der Waals surface area contributed by atoms with Gasteiger partial charge in [0.05, 0.1) is 17.4 Å². The second-order valence-corrected chi connectivity index (χ2v) is 15.7. The number of anilines is 5. The first-order valence-electron chi connectivity index (χ1n) is 20.9. The summed E-state index contributed by atoms with van der Waals surface area (Å²) in [4.78, 5) is 5.05. The van der Waals surface area contributed by atoms with Gasteiger partial charge in [-0.1, -0.05) is 176 Å². The van der Waals surface area contributed by atoms with E-state index in [-0.39, 0.29) is 6.04 Å². The molecule has 1 aliphatic carbocycles. The standard InChI is InChI=1S/C58H42N2/c1-5-21-49(22-6-1)59(50-23-7-2-8-24-50)57-53-35-33-48(46-32-30-42-18-14-16-20-44(42)38-46)40-56(53)58(60(51-25-9-3-10-26-51)52-27-11-4-12-28-52)54-36-34-47(39-55(54)57)45-31-29-41-17-13-15-19-43(41)37-45/h1-27,29-40,52H,28H2. The Morgan fingerprint density at radius 2 is 0.767 bits per heavy atom. The fraction of sp³-hybridized carbons (Fsp3) is 0.0345. The van der Waals surface area contributed by atoms with Crippen LogP contribution in [0.2, 0.25) is 0 Å². The van der Waals surface area contributed by atoms with Crippen LogP contribution >= 0.6 is 0 Å². The minimum atomic E-state index is 0.110. The Balaban J connectivity index is 1.28. The lowest BCUT2D eigenvalue weighted by molar-refractivity contribution is 0.789. The third-order valence-electron chi connectivity index (χ3n) is 12.0. The maximum Gasteiger partial charge on any atom is 0.0620 e. The molecular weight excluding hydrogens is 725 g/mol. The van der Waals surface area contributed by atoms with E-state index in [1.165, 1.54) is 71.0 Å². The largest absolute Gasteiger partial charge is 0.333 e. The molecule has 1 unspecified atom stereocenters. The van der Waals surface area contributed by atoms with Crippen LogP contribution in [0.25, 0.3) is 65.3 Å². The number of rotatable bonds is 8. The maximum atomic E-state index is 2.59. The maximum absolute atomic E-state index is 2.59. The highest BCUT2D eigenvalue weighted by Gasteiger charge is 2.28. The van der Waals surface area contributed by atoms with Crippen molar-refractivity contribution in [1.82, 2.24) is 0 Å². The van der Waals surface area contributed by atoms with Crippen LogP contribution in [0.3, 0.4) is 0 Å². The molecule has 10 aromatic carbocycles. The summed E-state index contributed by atoms with van der Waals surface area (Å²) in [5, 5.41) is 9.72. The molecule has 0 spiro atoms. The van der Waals surface area contributed by atoms with E-state index in [4.69, 9.17) is 0 Å². The average Bonchev–Trinajstić information content (AvgIpc) is 3.33. The molecule has 0 bridgehead atoms. The van der Waals surface area contributed by atoms with Gasteiger partial charge in [0, 0.05) is 38.6 Å². The summed E-state index contributed by atoms with van der Waals surface area (Å²) in [6.45, 7) is 0. The molecule has 60 heavy (non-hydrogen) atoms. The number of hydrogen-bond acceptors (Lipinski definition) is 2. The lowest BCUT2D eigenvalue weighted by Gasteiger charge is -2.36. The summed E-state index contributed by atoms with van der Waals surface area (Å²) in [5.41, 5.74) is 10.5. The van der Waals surface area contributed by atoms with Crippen molar-refractivity contribution in [1.29, 1.82) is 0 Å². The zero-order chi connectivity index (χ0) is 39.8. The molecule has 0 heterocycles. The van der Waals surface area contributed by atoms with Crippen LogP contribution in [0.5, 0.6) is 0 Å². The lowest BCUT2D eigenvalue weighted by Crippen LogP contribution is -2.30. The van der Waals surface area contributed by atoms with Crippen LogP contribution in [0, 0.1) is 0 Å². The quantitative estimate of drug-likeness (QED) is 0.112. The third-order valence-corrected chi connectivity index (χ3v) is 12.0. The molecule has 0 amide bonds. The molecule has 0 aliphatic heterocycles. The van der Waals surface area contributed by atoms with Crippen molar-refractivity contribution in [3.05, 3.63) is 237 Å². The number of fused-ring (bicyclic) bond motifs is 4. The first kappa shape index (κ1) is 35.5. The van der Waals surface area contributed by atoms with Crippen LogP contribution < -0.4 is 9.80 Å². The first-order valence-corrected chi connectivity index (χ1v) is 20.9. The van der Waals surface area contributed by atoms with Gasteiger partial charge in [-0.3, -0.25) is 0 Å². The van der Waals surface area contributed by atoms with Gasteiger partial charge < -0.3 is 9.80 Å². The van der Waals surface area contributed by atoms with E-state index < -0.39 is 0 Å². The van der Waals surface area contributed by atoms with Crippen LogP contribution in [0.15, 0.2) is 237 Å². The van der Waals surface area contributed by atoms with Crippen molar-refractivity contribution in [2.45, 2.75) is 12.5 Å². The zero-order valence-corrected chi connectivity index (χ0v) is 33.2. The predicted molar refractivity (Wildman–Crippen MR) is 257 cm³/mol. The fourth-order valence-electron chi connectivity index (χ4n) is 9.18. The van der Waals surface area contributed by atoms with Gasteiger partial charge in [-0.2, -0.15) is 0 Å². The molecule has 0 fully saturated rings. The highest BCUT2D eigenvalue weighted by Crippen LogP contribution is 2.51. The molecular formula is C58H42N2. The summed E-state index contributed by atoms with van der Waals surface area (Å²) < 4.78 is 0. The minimum Gasteiger partial charge on any atom is -0.333 e. The molecule has 0 radical (unpaired) electrons. The van der Waals surface area contributed by atoms with Crippen molar-refractivity contribution >= 4 is 71.5 Å². The Hall–Kier alpha value is -7.68. The molecule has 1 atom stereocenters. The van der Waals surface area contributed by atoms with Crippen LogP contribution in [-0.4, -0.2) is 6.04 Å². The number of hydrogen-bond donors (Lipinski definition) is 0. The average molecular weight is 767 g/mol. The van der Waals surface area contributed by atoms with Gasteiger partial charge in [0.25, 0.3) is 0 Å². The zero-order valence-electron chi connectivity index (χ0n) is 33.2. The molecule has 10 aromatic rings. The van der Waals surface area contributed by atoms with Gasteiger partial charge in [-0.15, -0.1) is 0 Å². The molecule has 11 rings (SSSR count). The summed E-state index contributed by atoms with van der Waals surface area (Å²) in [5.74, 6) is 0. The van der Waals surface area contributed by atoms with Gasteiger partial charge in [0.15, 0.2) is 0 Å². The fourth-order valence-corrected chi connectivity index (χ4v) is 9.18. The van der Waals surface area contributed by atoms with Gasteiger partial charge in [-0.05, 0) is 111 Å². The van der Waals surface area contributed by atoms with Crippen molar-refractivity contribution < 1.29 is 0 Å². The molecule has 1 aliphatic rings. The summed E-state index contributed by atoms with van der Waals surface area (Å²) >= 11 is 0. The second kappa shape index (κ2) is 15.2. The highest BCUT2D eigenvalue weighted by atomic mass is 15.2. The minimum absolute atomic E-state index is 0.110. The normalized spacial score (nSPS) is 13.6. The van der Waals surface area contributed by atoms with Crippen molar-refractivity contribution in [2.75, 3.05) is 9.80 Å². The summed E-state index contributed by atoms with van der Waals surface area (Å²) in [6, 6.07) is 78.0. The van der Waals surface area contributed by atoms with Gasteiger partial charge in [0.1, 0.15) is 0 Å². The number of para-hydroxylation sites is 3. The Labute approximate surface area is 351 Å². The predicted octanol–water partition coefficient (Wildman–Crippen LogP) is 16.1. The van der Waals surface area contributed by atoms with Crippen LogP contribution in [-0.2, 0) is 0 Å². The van der Waals surface area contributed by atoms with Crippen LogP contribution in [0.4, 0.5) is 28.4 Å². The SMILES string of the molecule is C1=CCC(N(c2ccccc2)c2c3ccc(-c4ccc5ccccc5c4)cc3c(N(c3ccccc3)c3ccccc3)c3ccc(-c4ccc5ccccc5c4)cc23)C=C1. The van der Waals surface area contributed by atoms with Crippen molar-refractivity contribution in [3.8, 4) is 22.3 Å². The Morgan fingerprint density at radius 1 is 0.333 bits per heavy atom. The summed E-state index contributed by atoms with van der Waals surface area (Å²) in [6.07, 6.45) is 9.92. The summed E-state index contributed by atoms with van der Waals surface area (Å²) in [7, 11) is 0. The Morgan fingerprint density at radius 3 is 1.28 bits per heavy atom. The van der Waals surface area contributed by atoms with Gasteiger partial charge in [-0.25, -0.2) is 0 Å². The van der Waals surface area contributed by atoms with E-state index in [9.17, 15) is 0 Å². The molecule has 2 nitrogen and oxygen atoms in total. The van der Waals surface area contributed by atoms with E-state index in [1.54, 1.807) is 0 Å². The smallest absolute Gasteiger partial charge is 0.0620 e. The topological polar surface area (TPSA) is 6.48 Å². The van der Waals surface area contributed by atoms with E-state index in [1.807, 2.05) is 0 Å². The first-order chi connectivity index (χ1) is 29.8. The Bertz CT molecular complexity index is 3200. The number of nitrogens with zero attached hydrogens (tertiary/aromatic N) is 2. The molecule has 0 N–H and O–H groups in total.